The SMILES string of the molecule is CC(C)OC(=O)C(=C(F)F)C(F)(F)F.CCOC(=O)C(=C(F)F)C(F)(F)F. The number of ether oxygens (including phenoxy) is 2. The van der Waals surface area contributed by atoms with Crippen LogP contribution in [0.2, 0.25) is 0 Å². The van der Waals surface area contributed by atoms with E-state index in [1.807, 2.05) is 0 Å². The molecule has 27 heavy (non-hydrogen) atoms. The van der Waals surface area contributed by atoms with E-state index >= 15 is 0 Å². The van der Waals surface area contributed by atoms with Crippen molar-refractivity contribution >= 4 is 11.9 Å². The van der Waals surface area contributed by atoms with Gasteiger partial charge in [-0.05, 0) is 20.8 Å². The van der Waals surface area contributed by atoms with Gasteiger partial charge in [0.2, 0.25) is 11.1 Å². The van der Waals surface area contributed by atoms with Gasteiger partial charge in [0.1, 0.15) is 0 Å². The lowest BCUT2D eigenvalue weighted by atomic mass is 10.3. The summed E-state index contributed by atoms with van der Waals surface area (Å²) in [6.07, 6.45) is -17.9. The summed E-state index contributed by atoms with van der Waals surface area (Å²) in [5.41, 5.74) is -5.10. The number of carbonyl (C=O) groups excluding carboxylic acids is 2. The summed E-state index contributed by atoms with van der Waals surface area (Å²) in [5, 5.41) is 0. The third-order valence-corrected chi connectivity index (χ3v) is 1.97. The number of alkyl halides is 6. The van der Waals surface area contributed by atoms with Gasteiger partial charge >= 0.3 is 24.3 Å². The number of hydrogen-bond donors (Lipinski definition) is 0. The highest BCUT2D eigenvalue weighted by Gasteiger charge is 2.45. The fraction of sp³-hybridized carbons (Fsp3) is 0.538. The average molecular weight is 422 g/mol. The molecule has 0 aromatic carbocycles. The van der Waals surface area contributed by atoms with Crippen LogP contribution in [0.5, 0.6) is 0 Å². The molecule has 0 N–H and O–H groups in total. The van der Waals surface area contributed by atoms with E-state index < -0.39 is 60.3 Å². The fourth-order valence-corrected chi connectivity index (χ4v) is 1.08. The minimum Gasteiger partial charge on any atom is -0.462 e. The van der Waals surface area contributed by atoms with Gasteiger partial charge in [-0.3, -0.25) is 0 Å². The van der Waals surface area contributed by atoms with Crippen LogP contribution < -0.4 is 0 Å². The molecule has 0 aromatic heterocycles. The van der Waals surface area contributed by atoms with Gasteiger partial charge in [0.05, 0.1) is 12.7 Å². The second kappa shape index (κ2) is 10.8. The standard InChI is InChI=1S/C7H7F5O2.C6H5F5O2/c1-3(2)14-6(13)4(5(8)9)7(10,11)12;1-2-13-5(12)3(4(7)8)6(9,10)11/h3H,1-2H3;2H2,1H3. The summed E-state index contributed by atoms with van der Waals surface area (Å²) in [6.45, 7) is 3.32. The number of halogens is 10. The molecule has 0 aromatic rings. The Labute approximate surface area is 145 Å². The fourth-order valence-electron chi connectivity index (χ4n) is 1.08. The minimum absolute atomic E-state index is 0.397. The summed E-state index contributed by atoms with van der Waals surface area (Å²) in [6, 6.07) is 0. The molecule has 14 heteroatoms. The van der Waals surface area contributed by atoms with Crippen LogP contribution in [-0.4, -0.2) is 37.0 Å². The Morgan fingerprint density at radius 3 is 1.33 bits per heavy atom. The number of hydrogen-bond acceptors (Lipinski definition) is 4. The first-order valence-electron chi connectivity index (χ1n) is 6.59. The maximum absolute atomic E-state index is 11.8. The highest BCUT2D eigenvalue weighted by molar-refractivity contribution is 5.90. The van der Waals surface area contributed by atoms with Crippen LogP contribution in [0.4, 0.5) is 43.9 Å². The molecule has 0 spiro atoms. The first kappa shape index (κ1) is 26.9. The van der Waals surface area contributed by atoms with Gasteiger partial charge in [-0.25, -0.2) is 9.59 Å². The van der Waals surface area contributed by atoms with Gasteiger partial charge in [0.15, 0.2) is 0 Å². The van der Waals surface area contributed by atoms with Gasteiger partial charge in [-0.2, -0.15) is 43.9 Å². The van der Waals surface area contributed by atoms with E-state index in [0.717, 1.165) is 0 Å². The zero-order valence-electron chi connectivity index (χ0n) is 13.7. The van der Waals surface area contributed by atoms with Gasteiger partial charge in [0, 0.05) is 0 Å². The van der Waals surface area contributed by atoms with E-state index in [4.69, 9.17) is 0 Å². The Morgan fingerprint density at radius 2 is 1.11 bits per heavy atom. The highest BCUT2D eigenvalue weighted by Crippen LogP contribution is 2.31. The van der Waals surface area contributed by atoms with Gasteiger partial charge < -0.3 is 9.47 Å². The van der Waals surface area contributed by atoms with Crippen molar-refractivity contribution in [2.75, 3.05) is 6.61 Å². The molecule has 0 amide bonds. The van der Waals surface area contributed by atoms with Crippen molar-refractivity contribution in [2.24, 2.45) is 0 Å². The van der Waals surface area contributed by atoms with Crippen LogP contribution in [0.1, 0.15) is 20.8 Å². The van der Waals surface area contributed by atoms with Gasteiger partial charge in [0.25, 0.3) is 12.2 Å². The van der Waals surface area contributed by atoms with Crippen molar-refractivity contribution in [2.45, 2.75) is 39.2 Å². The average Bonchev–Trinajstić information content (AvgIpc) is 2.33. The lowest BCUT2D eigenvalue weighted by molar-refractivity contribution is -0.155. The highest BCUT2D eigenvalue weighted by atomic mass is 19.4. The Balaban J connectivity index is 0. The molecule has 0 aliphatic heterocycles. The summed E-state index contributed by atoms with van der Waals surface area (Å²) < 4.78 is 125. The molecule has 0 saturated carbocycles. The van der Waals surface area contributed by atoms with Crippen LogP contribution in [0, 0.1) is 0 Å². The molecule has 0 atom stereocenters. The second-order valence-corrected chi connectivity index (χ2v) is 4.44. The summed E-state index contributed by atoms with van der Waals surface area (Å²) >= 11 is 0. The summed E-state index contributed by atoms with van der Waals surface area (Å²) in [7, 11) is 0. The molecule has 0 saturated heterocycles. The number of carbonyl (C=O) groups is 2. The third-order valence-electron chi connectivity index (χ3n) is 1.97. The predicted octanol–water partition coefficient (Wildman–Crippen LogP) is 4.91. The van der Waals surface area contributed by atoms with Crippen LogP contribution in [0.15, 0.2) is 23.3 Å². The van der Waals surface area contributed by atoms with E-state index in [1.54, 1.807) is 0 Å². The zero-order valence-corrected chi connectivity index (χ0v) is 13.7. The molecule has 0 fully saturated rings. The zero-order chi connectivity index (χ0) is 22.2. The van der Waals surface area contributed by atoms with E-state index in [-0.39, 0.29) is 0 Å². The van der Waals surface area contributed by atoms with Crippen LogP contribution >= 0.6 is 0 Å². The van der Waals surface area contributed by atoms with E-state index in [9.17, 15) is 53.5 Å². The molecule has 0 unspecified atom stereocenters. The molecular weight excluding hydrogens is 410 g/mol. The Bertz CT molecular complexity index is 579. The predicted molar refractivity (Wildman–Crippen MR) is 68.5 cm³/mol. The first-order chi connectivity index (χ1) is 12.0. The van der Waals surface area contributed by atoms with Gasteiger partial charge in [-0.15, -0.1) is 0 Å². The monoisotopic (exact) mass is 422 g/mol. The van der Waals surface area contributed by atoms with E-state index in [2.05, 4.69) is 9.47 Å². The molecule has 0 aliphatic rings. The summed E-state index contributed by atoms with van der Waals surface area (Å²) in [5.74, 6) is -4.12. The van der Waals surface area contributed by atoms with Crippen molar-refractivity contribution in [3.05, 3.63) is 23.3 Å². The van der Waals surface area contributed by atoms with Crippen LogP contribution in [-0.2, 0) is 19.1 Å². The molecule has 0 rings (SSSR count). The minimum atomic E-state index is -5.40. The Morgan fingerprint density at radius 1 is 0.778 bits per heavy atom. The van der Waals surface area contributed by atoms with Crippen molar-refractivity contribution in [1.29, 1.82) is 0 Å². The molecule has 158 valence electrons. The maximum atomic E-state index is 11.8. The Hall–Kier alpha value is -2.28. The maximum Gasteiger partial charge on any atom is 0.428 e. The Kier molecular flexibility index (Phi) is 10.7. The smallest absolute Gasteiger partial charge is 0.428 e. The lowest BCUT2D eigenvalue weighted by Crippen LogP contribution is -2.25. The number of rotatable bonds is 4. The van der Waals surface area contributed by atoms with Crippen LogP contribution in [0.3, 0.4) is 0 Å². The van der Waals surface area contributed by atoms with Crippen molar-refractivity contribution in [3.63, 3.8) is 0 Å². The van der Waals surface area contributed by atoms with Crippen molar-refractivity contribution in [1.82, 2.24) is 0 Å². The lowest BCUT2D eigenvalue weighted by Gasteiger charge is -2.11. The molecular formula is C13H12F10O4. The quantitative estimate of drug-likeness (QED) is 0.367. The molecule has 0 radical (unpaired) electrons. The van der Waals surface area contributed by atoms with E-state index in [1.165, 1.54) is 20.8 Å². The molecule has 0 bridgehead atoms. The first-order valence-corrected chi connectivity index (χ1v) is 6.59. The topological polar surface area (TPSA) is 52.6 Å². The van der Waals surface area contributed by atoms with E-state index in [0.29, 0.717) is 0 Å². The van der Waals surface area contributed by atoms with Gasteiger partial charge in [-0.1, -0.05) is 0 Å². The number of esters is 2. The largest absolute Gasteiger partial charge is 0.462 e. The van der Waals surface area contributed by atoms with Crippen LogP contribution in [0.25, 0.3) is 0 Å². The molecule has 4 nitrogen and oxygen atoms in total. The second-order valence-electron chi connectivity index (χ2n) is 4.44. The molecule has 0 aliphatic carbocycles. The van der Waals surface area contributed by atoms with Crippen molar-refractivity contribution in [3.8, 4) is 0 Å². The summed E-state index contributed by atoms with van der Waals surface area (Å²) in [4.78, 5) is 20.9. The molecule has 0 heterocycles. The van der Waals surface area contributed by atoms with Crippen molar-refractivity contribution < 1.29 is 63.0 Å². The third kappa shape index (κ3) is 10.5. The normalized spacial score (nSPS) is 11.2.